The highest BCUT2D eigenvalue weighted by molar-refractivity contribution is 7.99. The second-order valence-electron chi connectivity index (χ2n) is 7.82. The van der Waals surface area contributed by atoms with Crippen molar-refractivity contribution in [2.45, 2.75) is 69.5 Å². The summed E-state index contributed by atoms with van der Waals surface area (Å²) in [4.78, 5) is 10.8. The van der Waals surface area contributed by atoms with Crippen LogP contribution in [0.3, 0.4) is 0 Å². The third-order valence-electron chi connectivity index (χ3n) is 5.43. The van der Waals surface area contributed by atoms with E-state index in [4.69, 9.17) is 5.11 Å². The molecule has 0 aliphatic carbocycles. The number of aryl methyl sites for hydroxylation is 2. The molecule has 0 amide bonds. The molecule has 0 spiro atoms. The molecule has 0 saturated heterocycles. The van der Waals surface area contributed by atoms with Crippen molar-refractivity contribution in [3.63, 3.8) is 0 Å². The summed E-state index contributed by atoms with van der Waals surface area (Å²) in [5.41, 5.74) is 4.06. The summed E-state index contributed by atoms with van der Waals surface area (Å²) in [5.74, 6) is -0.181. The Morgan fingerprint density at radius 1 is 0.833 bits per heavy atom. The minimum Gasteiger partial charge on any atom is -0.481 e. The van der Waals surface area contributed by atoms with Crippen molar-refractivity contribution in [1.82, 2.24) is 0 Å². The van der Waals surface area contributed by atoms with Gasteiger partial charge >= 0.3 is 5.97 Å². The average molecular weight is 429 g/mol. The molecule has 0 fully saturated rings. The Morgan fingerprint density at radius 3 is 2.17 bits per heavy atom. The van der Waals surface area contributed by atoms with Crippen LogP contribution in [0.4, 0.5) is 0 Å². The van der Waals surface area contributed by atoms with Crippen molar-refractivity contribution in [3.8, 4) is 0 Å². The zero-order valence-electron chi connectivity index (χ0n) is 18.0. The third-order valence-corrected chi connectivity index (χ3v) is 6.76. The van der Waals surface area contributed by atoms with E-state index in [1.165, 1.54) is 61.6 Å². The van der Waals surface area contributed by atoms with Crippen LogP contribution in [0.1, 0.15) is 73.3 Å². The number of benzene rings is 2. The number of carboxylic acid groups (broad SMARTS) is 1. The summed E-state index contributed by atoms with van der Waals surface area (Å²) in [6, 6.07) is 19.2. The van der Waals surface area contributed by atoms with Crippen molar-refractivity contribution in [3.05, 3.63) is 71.3 Å². The third kappa shape index (κ3) is 9.82. The van der Waals surface area contributed by atoms with E-state index in [1.54, 1.807) is 11.8 Å². The van der Waals surface area contributed by atoms with Gasteiger partial charge in [-0.15, -0.1) is 0 Å². The molecule has 2 N–H and O–H groups in total. The van der Waals surface area contributed by atoms with E-state index in [-0.39, 0.29) is 18.3 Å². The van der Waals surface area contributed by atoms with Crippen LogP contribution in [0.25, 0.3) is 0 Å². The lowest BCUT2D eigenvalue weighted by atomic mass is 9.97. The molecule has 2 aromatic rings. The fraction of sp³-hybridized carbons (Fsp3) is 0.500. The molecule has 0 radical (unpaired) electrons. The molecule has 0 bridgehead atoms. The summed E-state index contributed by atoms with van der Waals surface area (Å²) >= 11 is 1.65. The van der Waals surface area contributed by atoms with Gasteiger partial charge in [0.25, 0.3) is 0 Å². The van der Waals surface area contributed by atoms with E-state index in [0.717, 1.165) is 6.42 Å². The van der Waals surface area contributed by atoms with Crippen LogP contribution < -0.4 is 0 Å². The van der Waals surface area contributed by atoms with Crippen molar-refractivity contribution >= 4 is 17.7 Å². The predicted octanol–water partition coefficient (Wildman–Crippen LogP) is 6.44. The molecular weight excluding hydrogens is 392 g/mol. The quantitative estimate of drug-likeness (QED) is 0.302. The molecule has 3 nitrogen and oxygen atoms in total. The number of thioether (sulfide) groups is 1. The van der Waals surface area contributed by atoms with E-state index in [9.17, 15) is 9.90 Å². The second kappa shape index (κ2) is 15.1. The van der Waals surface area contributed by atoms with Gasteiger partial charge in [-0.2, -0.15) is 11.8 Å². The minimum absolute atomic E-state index is 0.127. The summed E-state index contributed by atoms with van der Waals surface area (Å²) in [5, 5.41) is 18.5. The van der Waals surface area contributed by atoms with Crippen molar-refractivity contribution in [2.24, 2.45) is 0 Å². The zero-order chi connectivity index (χ0) is 21.4. The lowest BCUT2D eigenvalue weighted by molar-refractivity contribution is -0.136. The molecule has 30 heavy (non-hydrogen) atoms. The van der Waals surface area contributed by atoms with Gasteiger partial charge in [-0.3, -0.25) is 4.79 Å². The fourth-order valence-electron chi connectivity index (χ4n) is 3.81. The molecule has 164 valence electrons. The molecule has 2 rings (SSSR count). The van der Waals surface area contributed by atoms with E-state index in [2.05, 4.69) is 48.5 Å². The van der Waals surface area contributed by atoms with Crippen LogP contribution in [0.2, 0.25) is 0 Å². The fourth-order valence-corrected chi connectivity index (χ4v) is 5.07. The van der Waals surface area contributed by atoms with Crippen molar-refractivity contribution in [2.75, 3.05) is 12.4 Å². The van der Waals surface area contributed by atoms with Gasteiger partial charge in [-0.25, -0.2) is 0 Å². The first-order chi connectivity index (χ1) is 14.7. The molecule has 1 unspecified atom stereocenters. The maximum Gasteiger partial charge on any atom is 0.304 e. The number of carbonyl (C=O) groups is 1. The van der Waals surface area contributed by atoms with Crippen LogP contribution in [-0.4, -0.2) is 28.5 Å². The van der Waals surface area contributed by atoms with E-state index in [1.807, 2.05) is 6.07 Å². The minimum atomic E-state index is -0.762. The molecular formula is C26H36O3S. The first-order valence-electron chi connectivity index (χ1n) is 11.3. The highest BCUT2D eigenvalue weighted by atomic mass is 32.2. The van der Waals surface area contributed by atoms with Gasteiger partial charge in [0.05, 0.1) is 6.42 Å². The average Bonchev–Trinajstić information content (AvgIpc) is 2.76. The van der Waals surface area contributed by atoms with Gasteiger partial charge in [-0.05, 0) is 48.8 Å². The number of carboxylic acids is 1. The normalized spacial score (nSPS) is 12.0. The van der Waals surface area contributed by atoms with Crippen molar-refractivity contribution in [1.29, 1.82) is 0 Å². The number of aliphatic hydroxyl groups is 1. The van der Waals surface area contributed by atoms with E-state index in [0.29, 0.717) is 12.2 Å². The maximum atomic E-state index is 10.8. The molecule has 4 heteroatoms. The zero-order valence-corrected chi connectivity index (χ0v) is 18.8. The van der Waals surface area contributed by atoms with Crippen LogP contribution in [0, 0.1) is 0 Å². The summed E-state index contributed by atoms with van der Waals surface area (Å²) in [7, 11) is 0. The Kier molecular flexibility index (Phi) is 12.3. The van der Waals surface area contributed by atoms with E-state index < -0.39 is 5.97 Å². The van der Waals surface area contributed by atoms with Crippen molar-refractivity contribution < 1.29 is 15.0 Å². The second-order valence-corrected chi connectivity index (χ2v) is 9.13. The highest BCUT2D eigenvalue weighted by Gasteiger charge is 2.15. The molecule has 1 atom stereocenters. The SMILES string of the molecule is O=C(O)CCSC(CCO)c1ccccc1CCCCCCCCc1ccccc1. The van der Waals surface area contributed by atoms with Gasteiger partial charge in [-0.1, -0.05) is 80.3 Å². The topological polar surface area (TPSA) is 57.5 Å². The van der Waals surface area contributed by atoms with Crippen LogP contribution in [0.5, 0.6) is 0 Å². The van der Waals surface area contributed by atoms with E-state index >= 15 is 0 Å². The molecule has 0 heterocycles. The Morgan fingerprint density at radius 2 is 1.47 bits per heavy atom. The first-order valence-corrected chi connectivity index (χ1v) is 12.3. The number of aliphatic hydroxyl groups excluding tert-OH is 1. The number of rotatable bonds is 16. The Hall–Kier alpha value is -1.78. The van der Waals surface area contributed by atoms with Crippen LogP contribution in [-0.2, 0) is 17.6 Å². The first kappa shape index (κ1) is 24.5. The molecule has 0 saturated carbocycles. The van der Waals surface area contributed by atoms with Gasteiger partial charge in [0.2, 0.25) is 0 Å². The van der Waals surface area contributed by atoms with Gasteiger partial charge < -0.3 is 10.2 Å². The monoisotopic (exact) mass is 428 g/mol. The molecule has 0 aliphatic rings. The number of hydrogen-bond acceptors (Lipinski definition) is 3. The Bertz CT molecular complexity index is 717. The summed E-state index contributed by atoms with van der Waals surface area (Å²) in [6.07, 6.45) is 10.6. The lowest BCUT2D eigenvalue weighted by Gasteiger charge is -2.19. The Labute approximate surface area is 185 Å². The highest BCUT2D eigenvalue weighted by Crippen LogP contribution is 2.35. The maximum absolute atomic E-state index is 10.8. The van der Waals surface area contributed by atoms with Crippen LogP contribution in [0.15, 0.2) is 54.6 Å². The number of hydrogen-bond donors (Lipinski definition) is 2. The van der Waals surface area contributed by atoms with Gasteiger partial charge in [0.15, 0.2) is 0 Å². The van der Waals surface area contributed by atoms with Gasteiger partial charge in [0.1, 0.15) is 0 Å². The van der Waals surface area contributed by atoms with Crippen LogP contribution >= 0.6 is 11.8 Å². The standard InChI is InChI=1S/C26H36O3S/c27-20-18-25(30-21-19-26(28)29)24-17-11-10-16-23(24)15-9-4-2-1-3-6-12-22-13-7-5-8-14-22/h5,7-8,10-11,13-14,16-17,25,27H,1-4,6,9,12,15,18-21H2,(H,28,29). The molecule has 2 aromatic carbocycles. The largest absolute Gasteiger partial charge is 0.481 e. The number of unbranched alkanes of at least 4 members (excludes halogenated alkanes) is 5. The molecule has 0 aliphatic heterocycles. The molecule has 0 aromatic heterocycles. The lowest BCUT2D eigenvalue weighted by Crippen LogP contribution is -2.05. The predicted molar refractivity (Wildman–Crippen MR) is 127 cm³/mol. The Balaban J connectivity index is 1.69. The number of aliphatic carboxylic acids is 1. The smallest absolute Gasteiger partial charge is 0.304 e. The van der Waals surface area contributed by atoms with Gasteiger partial charge in [0, 0.05) is 17.6 Å². The summed E-state index contributed by atoms with van der Waals surface area (Å²) < 4.78 is 0. The summed E-state index contributed by atoms with van der Waals surface area (Å²) in [6.45, 7) is 0.127.